The third-order valence-electron chi connectivity index (χ3n) is 5.52. The first-order valence-corrected chi connectivity index (χ1v) is 11.2. The molecule has 1 saturated heterocycles. The Morgan fingerprint density at radius 1 is 1.26 bits per heavy atom. The van der Waals surface area contributed by atoms with Crippen LogP contribution in [0.25, 0.3) is 0 Å². The molecule has 6 nitrogen and oxygen atoms in total. The second-order valence-corrected chi connectivity index (χ2v) is 8.80. The van der Waals surface area contributed by atoms with E-state index >= 15 is 0 Å². The Kier molecular flexibility index (Phi) is 8.58. The molecule has 0 radical (unpaired) electrons. The zero-order chi connectivity index (χ0) is 22.4. The maximum atomic E-state index is 11.6. The first kappa shape index (κ1) is 23.8. The molecular weight excluding hydrogens is 437 g/mol. The number of piperidine rings is 1. The highest BCUT2D eigenvalue weighted by molar-refractivity contribution is 6.42. The third kappa shape index (κ3) is 6.82. The Balaban J connectivity index is 1.39. The van der Waals surface area contributed by atoms with Crippen LogP contribution in [0.3, 0.4) is 0 Å². The van der Waals surface area contributed by atoms with E-state index in [1.165, 1.54) is 0 Å². The van der Waals surface area contributed by atoms with Gasteiger partial charge in [-0.15, -0.1) is 0 Å². The number of ether oxygens (including phenoxy) is 1. The Hall–Kier alpha value is -1.83. The van der Waals surface area contributed by atoms with E-state index in [-0.39, 0.29) is 6.61 Å². The van der Waals surface area contributed by atoms with Crippen LogP contribution in [0.2, 0.25) is 10.0 Å². The molecule has 0 bridgehead atoms. The lowest BCUT2D eigenvalue weighted by Gasteiger charge is -2.33. The summed E-state index contributed by atoms with van der Waals surface area (Å²) in [5, 5.41) is 14.9. The number of para-hydroxylation sites is 1. The van der Waals surface area contributed by atoms with Gasteiger partial charge in [-0.2, -0.15) is 0 Å². The summed E-state index contributed by atoms with van der Waals surface area (Å²) in [4.78, 5) is 14.0. The van der Waals surface area contributed by atoms with Gasteiger partial charge in [0, 0.05) is 19.1 Å². The normalized spacial score (nSPS) is 16.3. The van der Waals surface area contributed by atoms with E-state index in [0.717, 1.165) is 43.6 Å². The fraction of sp³-hybridized carbons (Fsp3) is 0.435. The van der Waals surface area contributed by atoms with Crippen molar-refractivity contribution >= 4 is 29.1 Å². The standard InChI is InChI=1S/C23H29Cl2N3O3/c1-15-3-2-4-19(23(26)30)22(15)31-14-18(29)12-27-17-7-9-28(10-8-17)13-16-5-6-20(24)21(25)11-16/h2-6,11,17-18,27,29H,7-10,12-14H2,1H3,(H2,26,30). The van der Waals surface area contributed by atoms with Crippen LogP contribution in [-0.2, 0) is 6.54 Å². The highest BCUT2D eigenvalue weighted by Crippen LogP contribution is 2.25. The van der Waals surface area contributed by atoms with Gasteiger partial charge in [0.2, 0.25) is 0 Å². The van der Waals surface area contributed by atoms with Crippen molar-refractivity contribution in [1.29, 1.82) is 0 Å². The molecule has 1 aliphatic rings. The van der Waals surface area contributed by atoms with Crippen LogP contribution in [0.4, 0.5) is 0 Å². The topological polar surface area (TPSA) is 87.8 Å². The molecule has 3 rings (SSSR count). The van der Waals surface area contributed by atoms with E-state index < -0.39 is 12.0 Å². The van der Waals surface area contributed by atoms with Gasteiger partial charge in [-0.25, -0.2) is 0 Å². The molecule has 0 aromatic heterocycles. The molecule has 2 aromatic carbocycles. The van der Waals surface area contributed by atoms with E-state index in [9.17, 15) is 9.90 Å². The number of carbonyl (C=O) groups excluding carboxylic acids is 1. The number of primary amides is 1. The van der Waals surface area contributed by atoms with Gasteiger partial charge in [0.25, 0.3) is 5.91 Å². The van der Waals surface area contributed by atoms with Crippen LogP contribution in [-0.4, -0.2) is 54.3 Å². The Morgan fingerprint density at radius 3 is 2.68 bits per heavy atom. The number of hydrogen-bond donors (Lipinski definition) is 3. The second kappa shape index (κ2) is 11.2. The van der Waals surface area contributed by atoms with E-state index in [1.54, 1.807) is 12.1 Å². The van der Waals surface area contributed by atoms with Crippen LogP contribution in [0.1, 0.15) is 34.3 Å². The minimum atomic E-state index is -0.686. The van der Waals surface area contributed by atoms with Gasteiger partial charge in [-0.05, 0) is 62.2 Å². The molecule has 0 saturated carbocycles. The Bertz CT molecular complexity index is 902. The Morgan fingerprint density at radius 2 is 2.00 bits per heavy atom. The van der Waals surface area contributed by atoms with Crippen LogP contribution in [0.5, 0.6) is 5.75 Å². The molecule has 1 heterocycles. The number of carbonyl (C=O) groups is 1. The molecule has 0 spiro atoms. The summed E-state index contributed by atoms with van der Waals surface area (Å²) >= 11 is 12.1. The lowest BCUT2D eigenvalue weighted by molar-refractivity contribution is 0.0931. The van der Waals surface area contributed by atoms with Crippen molar-refractivity contribution in [3.63, 3.8) is 0 Å². The molecule has 1 aliphatic heterocycles. The molecule has 31 heavy (non-hydrogen) atoms. The monoisotopic (exact) mass is 465 g/mol. The molecule has 1 unspecified atom stereocenters. The Labute approximate surface area is 193 Å². The summed E-state index contributed by atoms with van der Waals surface area (Å²) in [6.45, 7) is 5.14. The number of nitrogens with two attached hydrogens (primary N) is 1. The summed E-state index contributed by atoms with van der Waals surface area (Å²) in [7, 11) is 0. The highest BCUT2D eigenvalue weighted by Gasteiger charge is 2.20. The summed E-state index contributed by atoms with van der Waals surface area (Å²) in [6.07, 6.45) is 1.31. The minimum Gasteiger partial charge on any atom is -0.490 e. The van der Waals surface area contributed by atoms with Gasteiger partial charge < -0.3 is 20.9 Å². The zero-order valence-electron chi connectivity index (χ0n) is 17.6. The van der Waals surface area contributed by atoms with Gasteiger partial charge >= 0.3 is 0 Å². The molecule has 8 heteroatoms. The van der Waals surface area contributed by atoms with E-state index in [1.807, 2.05) is 31.2 Å². The maximum absolute atomic E-state index is 11.6. The van der Waals surface area contributed by atoms with Crippen LogP contribution < -0.4 is 15.8 Å². The smallest absolute Gasteiger partial charge is 0.252 e. The van der Waals surface area contributed by atoms with E-state index in [4.69, 9.17) is 33.7 Å². The van der Waals surface area contributed by atoms with Crippen molar-refractivity contribution in [1.82, 2.24) is 10.2 Å². The number of aliphatic hydroxyl groups is 1. The molecule has 1 amide bonds. The molecule has 1 atom stereocenters. The summed E-state index contributed by atoms with van der Waals surface area (Å²) in [5.74, 6) is -0.108. The maximum Gasteiger partial charge on any atom is 0.252 e. The number of benzene rings is 2. The first-order chi connectivity index (χ1) is 14.8. The van der Waals surface area contributed by atoms with E-state index in [2.05, 4.69) is 10.2 Å². The third-order valence-corrected chi connectivity index (χ3v) is 6.26. The summed E-state index contributed by atoms with van der Waals surface area (Å²) in [5.41, 5.74) is 7.70. The number of hydrogen-bond acceptors (Lipinski definition) is 5. The van der Waals surface area contributed by atoms with Crippen molar-refractivity contribution < 1.29 is 14.6 Å². The number of aryl methyl sites for hydroxylation is 1. The predicted molar refractivity (Wildman–Crippen MR) is 124 cm³/mol. The number of nitrogens with zero attached hydrogens (tertiary/aromatic N) is 1. The lowest BCUT2D eigenvalue weighted by atomic mass is 10.0. The minimum absolute atomic E-state index is 0.0916. The zero-order valence-corrected chi connectivity index (χ0v) is 19.1. The van der Waals surface area contributed by atoms with Crippen molar-refractivity contribution in [3.8, 4) is 5.75 Å². The number of amides is 1. The number of likely N-dealkylation sites (tertiary alicyclic amines) is 1. The van der Waals surface area contributed by atoms with Gasteiger partial charge in [-0.3, -0.25) is 9.69 Å². The van der Waals surface area contributed by atoms with E-state index in [0.29, 0.717) is 33.9 Å². The van der Waals surface area contributed by atoms with Crippen molar-refractivity contribution in [2.24, 2.45) is 5.73 Å². The largest absolute Gasteiger partial charge is 0.490 e. The van der Waals surface area contributed by atoms with Gasteiger partial charge in [0.1, 0.15) is 18.5 Å². The summed E-state index contributed by atoms with van der Waals surface area (Å²) < 4.78 is 5.71. The number of aliphatic hydroxyl groups excluding tert-OH is 1. The molecule has 2 aromatic rings. The molecule has 0 aliphatic carbocycles. The fourth-order valence-corrected chi connectivity index (χ4v) is 4.09. The second-order valence-electron chi connectivity index (χ2n) is 7.99. The molecule has 168 valence electrons. The number of nitrogens with one attached hydrogen (secondary N) is 1. The van der Waals surface area contributed by atoms with Gasteiger partial charge in [-0.1, -0.05) is 41.4 Å². The quantitative estimate of drug-likeness (QED) is 0.528. The number of halogens is 2. The number of rotatable bonds is 9. The van der Waals surface area contributed by atoms with Gasteiger partial charge in [0.05, 0.1) is 15.6 Å². The van der Waals surface area contributed by atoms with Crippen molar-refractivity contribution in [2.75, 3.05) is 26.2 Å². The van der Waals surface area contributed by atoms with Crippen LogP contribution in [0, 0.1) is 6.92 Å². The highest BCUT2D eigenvalue weighted by atomic mass is 35.5. The first-order valence-electron chi connectivity index (χ1n) is 10.4. The lowest BCUT2D eigenvalue weighted by Crippen LogP contribution is -2.45. The van der Waals surface area contributed by atoms with Gasteiger partial charge in [0.15, 0.2) is 0 Å². The molecule has 4 N–H and O–H groups in total. The SMILES string of the molecule is Cc1cccc(C(N)=O)c1OCC(O)CNC1CCN(Cc2ccc(Cl)c(Cl)c2)CC1. The summed E-state index contributed by atoms with van der Waals surface area (Å²) in [6, 6.07) is 11.3. The van der Waals surface area contributed by atoms with Crippen molar-refractivity contribution in [2.45, 2.75) is 38.5 Å². The predicted octanol–water partition coefficient (Wildman–Crippen LogP) is 3.39. The average molecular weight is 466 g/mol. The van der Waals surface area contributed by atoms with Crippen LogP contribution >= 0.6 is 23.2 Å². The fourth-order valence-electron chi connectivity index (χ4n) is 3.77. The van der Waals surface area contributed by atoms with Crippen molar-refractivity contribution in [3.05, 3.63) is 63.1 Å². The molecule has 1 fully saturated rings. The average Bonchev–Trinajstić information content (AvgIpc) is 2.74. The van der Waals surface area contributed by atoms with Crippen LogP contribution in [0.15, 0.2) is 36.4 Å². The molecular formula is C23H29Cl2N3O3.